The van der Waals surface area contributed by atoms with Crippen LogP contribution in [0.15, 0.2) is 0 Å². The zero-order chi connectivity index (χ0) is 15.3. The largest absolute Gasteiger partial charge is 0.377 e. The van der Waals surface area contributed by atoms with Crippen LogP contribution in [0.25, 0.3) is 0 Å². The molecule has 2 saturated heterocycles. The van der Waals surface area contributed by atoms with Gasteiger partial charge in [0.15, 0.2) is 0 Å². The molecule has 2 rings (SSSR count). The molecular formula is C17H33NO2S. The Bertz CT molecular complexity index is 306. The Morgan fingerprint density at radius 3 is 2.67 bits per heavy atom. The molecule has 0 amide bonds. The third-order valence-corrected chi connectivity index (χ3v) is 6.89. The maximum absolute atomic E-state index is 6.21. The molecule has 0 aromatic heterocycles. The minimum atomic E-state index is -0.0368. The van der Waals surface area contributed by atoms with E-state index >= 15 is 0 Å². The first-order valence-corrected chi connectivity index (χ1v) is 9.81. The number of thioether (sulfide) groups is 1. The molecule has 2 heterocycles. The van der Waals surface area contributed by atoms with Gasteiger partial charge < -0.3 is 14.8 Å². The van der Waals surface area contributed by atoms with Gasteiger partial charge in [-0.2, -0.15) is 11.8 Å². The van der Waals surface area contributed by atoms with E-state index in [1.807, 2.05) is 7.11 Å². The molecular weight excluding hydrogens is 282 g/mol. The number of likely N-dealkylation sites (N-methyl/N-ethyl adjacent to an activating group) is 1. The Morgan fingerprint density at radius 1 is 1.38 bits per heavy atom. The number of nitrogens with one attached hydrogen (secondary N) is 1. The fourth-order valence-corrected chi connectivity index (χ4v) is 5.70. The molecule has 3 unspecified atom stereocenters. The van der Waals surface area contributed by atoms with Gasteiger partial charge in [0, 0.05) is 25.5 Å². The third-order valence-electron chi connectivity index (χ3n) is 5.66. The van der Waals surface area contributed by atoms with Crippen LogP contribution in [0.4, 0.5) is 0 Å². The standard InChI is InChI=1S/C17H33NO2S/c1-5-17(6-2,19-4)15(18-7-3)14-8-10-20-16(12-14)9-11-21-13-16/h14-15,18H,5-13H2,1-4H3. The van der Waals surface area contributed by atoms with Crippen LogP contribution in [0, 0.1) is 5.92 Å². The van der Waals surface area contributed by atoms with Gasteiger partial charge in [-0.25, -0.2) is 0 Å². The molecule has 3 nitrogen and oxygen atoms in total. The van der Waals surface area contributed by atoms with Gasteiger partial charge in [0.2, 0.25) is 0 Å². The maximum Gasteiger partial charge on any atom is 0.0828 e. The van der Waals surface area contributed by atoms with Gasteiger partial charge in [-0.15, -0.1) is 0 Å². The Hall–Kier alpha value is 0.230. The highest BCUT2D eigenvalue weighted by molar-refractivity contribution is 7.99. The molecule has 0 radical (unpaired) electrons. The molecule has 0 saturated carbocycles. The van der Waals surface area contributed by atoms with Crippen molar-refractivity contribution in [1.29, 1.82) is 0 Å². The summed E-state index contributed by atoms with van der Waals surface area (Å²) < 4.78 is 12.3. The predicted molar refractivity (Wildman–Crippen MR) is 91.1 cm³/mol. The molecule has 0 bridgehead atoms. The summed E-state index contributed by atoms with van der Waals surface area (Å²) in [6.07, 6.45) is 5.72. The maximum atomic E-state index is 6.21. The smallest absolute Gasteiger partial charge is 0.0828 e. The highest BCUT2D eigenvalue weighted by atomic mass is 32.2. The van der Waals surface area contributed by atoms with Crippen LogP contribution < -0.4 is 5.32 Å². The Balaban J connectivity index is 2.16. The van der Waals surface area contributed by atoms with E-state index in [1.54, 1.807) is 0 Å². The first kappa shape index (κ1) is 17.6. The summed E-state index contributed by atoms with van der Waals surface area (Å²) in [6.45, 7) is 8.66. The lowest BCUT2D eigenvalue weighted by atomic mass is 9.73. The SMILES string of the molecule is CCNC(C1CCOC2(CCSC2)C1)C(CC)(CC)OC. The van der Waals surface area contributed by atoms with E-state index in [0.717, 1.165) is 32.4 Å². The molecule has 0 aromatic rings. The van der Waals surface area contributed by atoms with Crippen LogP contribution in [0.1, 0.15) is 52.9 Å². The molecule has 2 aliphatic rings. The normalized spacial score (nSPS) is 31.7. The molecule has 0 aliphatic carbocycles. The summed E-state index contributed by atoms with van der Waals surface area (Å²) in [4.78, 5) is 0. The summed E-state index contributed by atoms with van der Waals surface area (Å²) in [5.74, 6) is 3.10. The Labute approximate surface area is 134 Å². The lowest BCUT2D eigenvalue weighted by molar-refractivity contribution is -0.118. The molecule has 124 valence electrons. The van der Waals surface area contributed by atoms with Crippen LogP contribution in [0.2, 0.25) is 0 Å². The molecule has 0 aromatic carbocycles. The molecule has 21 heavy (non-hydrogen) atoms. The molecule has 2 fully saturated rings. The van der Waals surface area contributed by atoms with Gasteiger partial charge in [0.1, 0.15) is 0 Å². The molecule has 1 spiro atoms. The van der Waals surface area contributed by atoms with Crippen molar-refractivity contribution in [2.24, 2.45) is 5.92 Å². The van der Waals surface area contributed by atoms with E-state index in [-0.39, 0.29) is 11.2 Å². The second-order valence-corrected chi connectivity index (χ2v) is 7.70. The van der Waals surface area contributed by atoms with Crippen molar-refractivity contribution in [2.45, 2.75) is 70.1 Å². The quantitative estimate of drug-likeness (QED) is 0.779. The number of hydrogen-bond donors (Lipinski definition) is 1. The van der Waals surface area contributed by atoms with Crippen molar-refractivity contribution < 1.29 is 9.47 Å². The van der Waals surface area contributed by atoms with Crippen LogP contribution in [0.5, 0.6) is 0 Å². The zero-order valence-corrected chi connectivity index (χ0v) is 15.1. The summed E-state index contributed by atoms with van der Waals surface area (Å²) in [7, 11) is 1.89. The highest BCUT2D eigenvalue weighted by Crippen LogP contribution is 2.43. The summed E-state index contributed by atoms with van der Waals surface area (Å²) >= 11 is 2.05. The van der Waals surface area contributed by atoms with E-state index in [2.05, 4.69) is 37.8 Å². The first-order valence-electron chi connectivity index (χ1n) is 8.65. The lowest BCUT2D eigenvalue weighted by Crippen LogP contribution is -2.58. The average molecular weight is 316 g/mol. The molecule has 1 N–H and O–H groups in total. The van der Waals surface area contributed by atoms with Crippen molar-refractivity contribution in [1.82, 2.24) is 5.32 Å². The van der Waals surface area contributed by atoms with E-state index < -0.39 is 0 Å². The van der Waals surface area contributed by atoms with Crippen molar-refractivity contribution in [2.75, 3.05) is 31.8 Å². The van der Waals surface area contributed by atoms with Crippen LogP contribution in [0.3, 0.4) is 0 Å². The van der Waals surface area contributed by atoms with Crippen molar-refractivity contribution in [3.8, 4) is 0 Å². The van der Waals surface area contributed by atoms with E-state index in [4.69, 9.17) is 9.47 Å². The first-order chi connectivity index (χ1) is 10.2. The number of rotatable bonds is 7. The van der Waals surface area contributed by atoms with Crippen molar-refractivity contribution in [3.05, 3.63) is 0 Å². The number of methoxy groups -OCH3 is 1. The monoisotopic (exact) mass is 315 g/mol. The van der Waals surface area contributed by atoms with Gasteiger partial charge in [-0.3, -0.25) is 0 Å². The zero-order valence-electron chi connectivity index (χ0n) is 14.2. The second kappa shape index (κ2) is 7.67. The van der Waals surface area contributed by atoms with Crippen LogP contribution in [-0.2, 0) is 9.47 Å². The lowest BCUT2D eigenvalue weighted by Gasteiger charge is -2.48. The van der Waals surface area contributed by atoms with Gasteiger partial charge in [0.05, 0.1) is 11.2 Å². The average Bonchev–Trinajstić information content (AvgIpc) is 2.96. The molecule has 3 atom stereocenters. The topological polar surface area (TPSA) is 30.5 Å². The van der Waals surface area contributed by atoms with Gasteiger partial charge >= 0.3 is 0 Å². The number of ether oxygens (including phenoxy) is 2. The van der Waals surface area contributed by atoms with E-state index in [9.17, 15) is 0 Å². The van der Waals surface area contributed by atoms with E-state index in [0.29, 0.717) is 12.0 Å². The minimum absolute atomic E-state index is 0.0368. The highest BCUT2D eigenvalue weighted by Gasteiger charge is 2.47. The predicted octanol–water partition coefficient (Wildman–Crippen LogP) is 3.47. The second-order valence-electron chi connectivity index (χ2n) is 6.60. The summed E-state index contributed by atoms with van der Waals surface area (Å²) in [5, 5.41) is 3.77. The third kappa shape index (κ3) is 3.60. The van der Waals surface area contributed by atoms with Gasteiger partial charge in [-0.05, 0) is 50.3 Å². The Morgan fingerprint density at radius 2 is 2.14 bits per heavy atom. The fraction of sp³-hybridized carbons (Fsp3) is 1.00. The molecule has 2 aliphatic heterocycles. The van der Waals surface area contributed by atoms with Gasteiger partial charge in [0.25, 0.3) is 0 Å². The Kier molecular flexibility index (Phi) is 6.42. The van der Waals surface area contributed by atoms with Crippen molar-refractivity contribution in [3.63, 3.8) is 0 Å². The van der Waals surface area contributed by atoms with Crippen LogP contribution in [-0.4, -0.2) is 49.0 Å². The molecule has 4 heteroatoms. The van der Waals surface area contributed by atoms with Crippen molar-refractivity contribution >= 4 is 11.8 Å². The van der Waals surface area contributed by atoms with Crippen LogP contribution >= 0.6 is 11.8 Å². The van der Waals surface area contributed by atoms with Gasteiger partial charge in [-0.1, -0.05) is 20.8 Å². The summed E-state index contributed by atoms with van der Waals surface area (Å²) in [6, 6.07) is 0.439. The van der Waals surface area contributed by atoms with E-state index in [1.165, 1.54) is 24.3 Å². The minimum Gasteiger partial charge on any atom is -0.377 e. The summed E-state index contributed by atoms with van der Waals surface area (Å²) in [5.41, 5.74) is 0.118. The fourth-order valence-electron chi connectivity index (χ4n) is 4.32. The number of hydrogen-bond acceptors (Lipinski definition) is 4.